The van der Waals surface area contributed by atoms with Crippen LogP contribution in [0.2, 0.25) is 0 Å². The second kappa shape index (κ2) is 3.40. The first-order valence-electron chi connectivity index (χ1n) is 3.50. The molecule has 1 saturated carbocycles. The van der Waals surface area contributed by atoms with Crippen LogP contribution >= 0.6 is 0 Å². The Labute approximate surface area is 70.8 Å². The van der Waals surface area contributed by atoms with Crippen LogP contribution in [0.1, 0.15) is 12.8 Å². The van der Waals surface area contributed by atoms with Crippen molar-refractivity contribution in [1.82, 2.24) is 0 Å². The zero-order chi connectivity index (χ0) is 9.19. The molecule has 0 amide bonds. The molecule has 70 valence electrons. The molecule has 0 saturated heterocycles. The Morgan fingerprint density at radius 2 is 2.08 bits per heavy atom. The minimum atomic E-state index is -3.50. The van der Waals surface area contributed by atoms with Crippen LogP contribution in [0.4, 0.5) is 0 Å². The third-order valence-corrected chi connectivity index (χ3v) is 1.90. The zero-order valence-electron chi connectivity index (χ0n) is 6.65. The summed E-state index contributed by atoms with van der Waals surface area (Å²) >= 11 is 0. The normalized spacial score (nSPS) is 17.4. The van der Waals surface area contributed by atoms with Crippen molar-refractivity contribution in [3.8, 4) is 0 Å². The quantitative estimate of drug-likeness (QED) is 0.354. The van der Waals surface area contributed by atoms with E-state index in [0.717, 1.165) is 19.1 Å². The van der Waals surface area contributed by atoms with Crippen molar-refractivity contribution < 1.29 is 22.1 Å². The van der Waals surface area contributed by atoms with Gasteiger partial charge in [-0.1, -0.05) is 0 Å². The molecule has 1 aliphatic carbocycles. The van der Waals surface area contributed by atoms with Gasteiger partial charge in [-0.05, 0) is 12.8 Å². The minimum Gasteiger partial charge on any atom is -0.437 e. The summed E-state index contributed by atoms with van der Waals surface area (Å²) in [5, 5.41) is 0. The molecule has 0 aromatic heterocycles. The fraction of sp³-hybridized carbons (Fsp3) is 0.833. The van der Waals surface area contributed by atoms with Crippen LogP contribution in [0.5, 0.6) is 0 Å². The van der Waals surface area contributed by atoms with Gasteiger partial charge in [-0.15, -0.1) is 0 Å². The average molecular weight is 194 g/mol. The van der Waals surface area contributed by atoms with Crippen molar-refractivity contribution in [2.24, 2.45) is 5.92 Å². The molecule has 6 heteroatoms. The molecule has 0 aromatic carbocycles. The number of carbonyl (C=O) groups excluding carboxylic acids is 1. The van der Waals surface area contributed by atoms with Gasteiger partial charge in [0.1, 0.15) is 0 Å². The molecule has 0 bridgehead atoms. The summed E-state index contributed by atoms with van der Waals surface area (Å²) in [5.74, 6) is -0.410. The van der Waals surface area contributed by atoms with E-state index in [2.05, 4.69) is 8.92 Å². The Bertz CT molecular complexity index is 264. The molecule has 1 aliphatic rings. The molecule has 0 radical (unpaired) electrons. The molecule has 0 heterocycles. The molecular weight excluding hydrogens is 184 g/mol. The van der Waals surface area contributed by atoms with E-state index in [9.17, 15) is 13.2 Å². The van der Waals surface area contributed by atoms with E-state index in [1.54, 1.807) is 0 Å². The second-order valence-corrected chi connectivity index (χ2v) is 4.32. The first-order valence-corrected chi connectivity index (χ1v) is 5.32. The molecule has 0 aliphatic heterocycles. The number of rotatable bonds is 4. The lowest BCUT2D eigenvalue weighted by atomic mass is 10.4. The smallest absolute Gasteiger partial charge is 0.311 e. The van der Waals surface area contributed by atoms with Crippen molar-refractivity contribution >= 4 is 16.1 Å². The van der Waals surface area contributed by atoms with Crippen LogP contribution in [-0.4, -0.2) is 27.4 Å². The van der Waals surface area contributed by atoms with Gasteiger partial charge < -0.3 is 4.74 Å². The Morgan fingerprint density at radius 1 is 1.50 bits per heavy atom. The van der Waals surface area contributed by atoms with Gasteiger partial charge >= 0.3 is 5.97 Å². The summed E-state index contributed by atoms with van der Waals surface area (Å²) in [6, 6.07) is 0. The summed E-state index contributed by atoms with van der Waals surface area (Å²) in [5.41, 5.74) is 0. The number of carbonyl (C=O) groups is 1. The van der Waals surface area contributed by atoms with Gasteiger partial charge in [-0.2, -0.15) is 8.42 Å². The van der Waals surface area contributed by atoms with E-state index in [-0.39, 0.29) is 11.9 Å². The van der Waals surface area contributed by atoms with Crippen LogP contribution < -0.4 is 0 Å². The molecule has 1 rings (SSSR count). The van der Waals surface area contributed by atoms with Crippen molar-refractivity contribution in [3.05, 3.63) is 0 Å². The van der Waals surface area contributed by atoms with Crippen LogP contribution in [0.3, 0.4) is 0 Å². The molecule has 5 nitrogen and oxygen atoms in total. The molecule has 0 atom stereocenters. The number of hydrogen-bond donors (Lipinski definition) is 0. The van der Waals surface area contributed by atoms with Gasteiger partial charge in [-0.25, -0.2) is 4.18 Å². The number of ether oxygens (including phenoxy) is 1. The fourth-order valence-electron chi connectivity index (χ4n) is 0.606. The van der Waals surface area contributed by atoms with E-state index >= 15 is 0 Å². The Kier molecular flexibility index (Phi) is 2.69. The minimum absolute atomic E-state index is 0.0341. The van der Waals surface area contributed by atoms with Crippen LogP contribution in [0, 0.1) is 5.92 Å². The SMILES string of the molecule is CS(=O)(=O)OCOC(=O)C1CC1. The van der Waals surface area contributed by atoms with Gasteiger partial charge in [0.15, 0.2) is 0 Å². The Hall–Kier alpha value is -0.620. The monoisotopic (exact) mass is 194 g/mol. The maximum Gasteiger partial charge on any atom is 0.311 e. The molecule has 0 unspecified atom stereocenters. The molecule has 0 aromatic rings. The van der Waals surface area contributed by atoms with Crippen molar-refractivity contribution in [3.63, 3.8) is 0 Å². The van der Waals surface area contributed by atoms with Gasteiger partial charge in [0, 0.05) is 0 Å². The summed E-state index contributed by atoms with van der Waals surface area (Å²) in [6.07, 6.45) is 2.56. The highest BCUT2D eigenvalue weighted by atomic mass is 32.2. The molecule has 0 N–H and O–H groups in total. The maximum absolute atomic E-state index is 10.8. The summed E-state index contributed by atoms with van der Waals surface area (Å²) in [4.78, 5) is 10.8. The largest absolute Gasteiger partial charge is 0.437 e. The predicted octanol–water partition coefficient (Wildman–Crippen LogP) is -0.127. The first kappa shape index (κ1) is 9.47. The van der Waals surface area contributed by atoms with Crippen molar-refractivity contribution in [2.75, 3.05) is 13.0 Å². The summed E-state index contributed by atoms with van der Waals surface area (Å²) in [6.45, 7) is -0.506. The molecular formula is C6H10O5S. The third kappa shape index (κ3) is 3.68. The standard InChI is InChI=1S/C6H10O5S/c1-12(8,9)11-4-10-6(7)5-2-3-5/h5H,2-4H2,1H3. The van der Waals surface area contributed by atoms with Crippen LogP contribution in [0.25, 0.3) is 0 Å². The zero-order valence-corrected chi connectivity index (χ0v) is 7.46. The number of esters is 1. The lowest BCUT2D eigenvalue weighted by molar-refractivity contribution is -0.151. The van der Waals surface area contributed by atoms with E-state index in [4.69, 9.17) is 0 Å². The molecule has 12 heavy (non-hydrogen) atoms. The van der Waals surface area contributed by atoms with E-state index in [1.165, 1.54) is 0 Å². The highest BCUT2D eigenvalue weighted by molar-refractivity contribution is 7.85. The molecule has 0 spiro atoms. The predicted molar refractivity (Wildman–Crippen MR) is 39.6 cm³/mol. The maximum atomic E-state index is 10.8. The van der Waals surface area contributed by atoms with E-state index in [0.29, 0.717) is 0 Å². The Balaban J connectivity index is 2.13. The lowest BCUT2D eigenvalue weighted by Gasteiger charge is -2.01. The summed E-state index contributed by atoms with van der Waals surface area (Å²) < 4.78 is 29.5. The van der Waals surface area contributed by atoms with E-state index < -0.39 is 16.9 Å². The van der Waals surface area contributed by atoms with Gasteiger partial charge in [0.2, 0.25) is 6.79 Å². The highest BCUT2D eigenvalue weighted by Gasteiger charge is 2.31. The number of hydrogen-bond acceptors (Lipinski definition) is 5. The van der Waals surface area contributed by atoms with Gasteiger partial charge in [-0.3, -0.25) is 4.79 Å². The second-order valence-electron chi connectivity index (χ2n) is 2.68. The van der Waals surface area contributed by atoms with Crippen molar-refractivity contribution in [1.29, 1.82) is 0 Å². The van der Waals surface area contributed by atoms with Crippen LogP contribution in [-0.2, 0) is 23.8 Å². The lowest BCUT2D eigenvalue weighted by Crippen LogP contribution is -2.12. The molecule has 1 fully saturated rings. The highest BCUT2D eigenvalue weighted by Crippen LogP contribution is 2.29. The summed E-state index contributed by atoms with van der Waals surface area (Å²) in [7, 11) is -3.50. The topological polar surface area (TPSA) is 69.7 Å². The van der Waals surface area contributed by atoms with Gasteiger partial charge in [0.25, 0.3) is 10.1 Å². The van der Waals surface area contributed by atoms with Crippen LogP contribution in [0.15, 0.2) is 0 Å². The average Bonchev–Trinajstić information content (AvgIpc) is 2.64. The fourth-order valence-corrected chi connectivity index (χ4v) is 0.829. The van der Waals surface area contributed by atoms with E-state index in [1.807, 2.05) is 0 Å². The Morgan fingerprint density at radius 3 is 2.50 bits per heavy atom. The van der Waals surface area contributed by atoms with Crippen molar-refractivity contribution in [2.45, 2.75) is 12.8 Å². The first-order chi connectivity index (χ1) is 5.49. The van der Waals surface area contributed by atoms with Gasteiger partial charge in [0.05, 0.1) is 12.2 Å². The third-order valence-electron chi connectivity index (χ3n) is 1.37.